The number of nitrogens with zero attached hydrogens (tertiary/aromatic N) is 3. The summed E-state index contributed by atoms with van der Waals surface area (Å²) in [5, 5.41) is 5.19. The number of fused-ring (bicyclic) bond motifs is 1. The van der Waals surface area contributed by atoms with Crippen LogP contribution >= 0.6 is 0 Å². The first kappa shape index (κ1) is 19.8. The number of ether oxygens (including phenoxy) is 1. The molecule has 2 aromatic heterocycles. The SMILES string of the molecule is CCCCOc1cccc(-c2cc(C(=O)n3nc(C)cc3C)c3ccccc3n2)c1. The normalized spacial score (nSPS) is 11.0. The van der Waals surface area contributed by atoms with Crippen LogP contribution < -0.4 is 4.74 Å². The third kappa shape index (κ3) is 3.96. The number of hydrogen-bond acceptors (Lipinski definition) is 4. The van der Waals surface area contributed by atoms with Crippen molar-refractivity contribution in [2.75, 3.05) is 6.61 Å². The molecule has 0 N–H and O–H groups in total. The lowest BCUT2D eigenvalue weighted by Crippen LogP contribution is -2.16. The second-order valence-corrected chi connectivity index (χ2v) is 7.45. The highest BCUT2D eigenvalue weighted by Gasteiger charge is 2.18. The molecule has 0 spiro atoms. The van der Waals surface area contributed by atoms with Crippen LogP contribution in [0.3, 0.4) is 0 Å². The van der Waals surface area contributed by atoms with Crippen molar-refractivity contribution in [1.82, 2.24) is 14.8 Å². The average Bonchev–Trinajstić information content (AvgIpc) is 3.10. The second-order valence-electron chi connectivity index (χ2n) is 7.45. The molecule has 2 heterocycles. The molecular formula is C25H25N3O2. The molecule has 0 aliphatic rings. The van der Waals surface area contributed by atoms with Crippen molar-refractivity contribution >= 4 is 16.8 Å². The Balaban J connectivity index is 1.80. The minimum Gasteiger partial charge on any atom is -0.494 e. The Morgan fingerprint density at radius 2 is 1.87 bits per heavy atom. The quantitative estimate of drug-likeness (QED) is 0.397. The van der Waals surface area contributed by atoms with E-state index in [0.717, 1.165) is 52.1 Å². The van der Waals surface area contributed by atoms with Crippen LogP contribution in [0.2, 0.25) is 0 Å². The van der Waals surface area contributed by atoms with Crippen LogP contribution in [0, 0.1) is 13.8 Å². The zero-order valence-electron chi connectivity index (χ0n) is 17.6. The highest BCUT2D eigenvalue weighted by atomic mass is 16.5. The fraction of sp³-hybridized carbons (Fsp3) is 0.240. The Labute approximate surface area is 176 Å². The summed E-state index contributed by atoms with van der Waals surface area (Å²) in [6.45, 7) is 6.60. The molecular weight excluding hydrogens is 374 g/mol. The maximum absolute atomic E-state index is 13.4. The molecule has 4 rings (SSSR count). The first-order valence-corrected chi connectivity index (χ1v) is 10.3. The summed E-state index contributed by atoms with van der Waals surface area (Å²) in [5.41, 5.74) is 4.63. The zero-order valence-corrected chi connectivity index (χ0v) is 17.6. The van der Waals surface area contributed by atoms with Crippen molar-refractivity contribution < 1.29 is 9.53 Å². The van der Waals surface area contributed by atoms with Crippen LogP contribution in [-0.4, -0.2) is 27.3 Å². The topological polar surface area (TPSA) is 57.0 Å². The van der Waals surface area contributed by atoms with Gasteiger partial charge < -0.3 is 4.74 Å². The van der Waals surface area contributed by atoms with Gasteiger partial charge in [0.1, 0.15) is 5.75 Å². The van der Waals surface area contributed by atoms with Crippen molar-refractivity contribution in [3.63, 3.8) is 0 Å². The summed E-state index contributed by atoms with van der Waals surface area (Å²) < 4.78 is 7.32. The van der Waals surface area contributed by atoms with Gasteiger partial charge in [-0.3, -0.25) is 4.79 Å². The van der Waals surface area contributed by atoms with Crippen LogP contribution in [0.5, 0.6) is 5.75 Å². The summed E-state index contributed by atoms with van der Waals surface area (Å²) >= 11 is 0. The maximum atomic E-state index is 13.4. The van der Waals surface area contributed by atoms with Crippen LogP contribution in [0.1, 0.15) is 41.5 Å². The Morgan fingerprint density at radius 1 is 1.03 bits per heavy atom. The minimum atomic E-state index is -0.157. The largest absolute Gasteiger partial charge is 0.494 e. The molecule has 2 aromatic carbocycles. The van der Waals surface area contributed by atoms with Gasteiger partial charge in [-0.15, -0.1) is 0 Å². The van der Waals surface area contributed by atoms with Gasteiger partial charge in [0.2, 0.25) is 0 Å². The van der Waals surface area contributed by atoms with Gasteiger partial charge in [-0.1, -0.05) is 43.7 Å². The fourth-order valence-corrected chi connectivity index (χ4v) is 3.53. The summed E-state index contributed by atoms with van der Waals surface area (Å²) in [7, 11) is 0. The summed E-state index contributed by atoms with van der Waals surface area (Å²) in [5.74, 6) is 0.651. The number of rotatable bonds is 6. The van der Waals surface area contributed by atoms with Gasteiger partial charge in [-0.2, -0.15) is 5.10 Å². The number of benzene rings is 2. The van der Waals surface area contributed by atoms with E-state index in [1.807, 2.05) is 74.5 Å². The zero-order chi connectivity index (χ0) is 21.1. The predicted molar refractivity (Wildman–Crippen MR) is 119 cm³/mol. The molecule has 4 aromatic rings. The summed E-state index contributed by atoms with van der Waals surface area (Å²) in [6, 6.07) is 19.3. The van der Waals surface area contributed by atoms with E-state index < -0.39 is 0 Å². The molecule has 5 heteroatoms. The van der Waals surface area contributed by atoms with Gasteiger partial charge in [0, 0.05) is 16.6 Å². The lowest BCUT2D eigenvalue weighted by atomic mass is 10.0. The van der Waals surface area contributed by atoms with E-state index in [0.29, 0.717) is 12.2 Å². The third-order valence-electron chi connectivity index (χ3n) is 5.04. The van der Waals surface area contributed by atoms with Crippen LogP contribution in [0.4, 0.5) is 0 Å². The lowest BCUT2D eigenvalue weighted by molar-refractivity contribution is 0.0944. The number of hydrogen-bond donors (Lipinski definition) is 0. The molecule has 5 nitrogen and oxygen atoms in total. The number of aromatic nitrogens is 3. The first-order chi connectivity index (χ1) is 14.6. The van der Waals surface area contributed by atoms with E-state index in [2.05, 4.69) is 12.0 Å². The first-order valence-electron chi connectivity index (χ1n) is 10.3. The monoisotopic (exact) mass is 399 g/mol. The molecule has 0 saturated heterocycles. The number of unbranched alkanes of at least 4 members (excludes halogenated alkanes) is 1. The van der Waals surface area contributed by atoms with Crippen LogP contribution in [0.15, 0.2) is 60.7 Å². The van der Waals surface area contributed by atoms with Crippen molar-refractivity contribution in [1.29, 1.82) is 0 Å². The number of carbonyl (C=O) groups is 1. The Bertz CT molecular complexity index is 1210. The summed E-state index contributed by atoms with van der Waals surface area (Å²) in [4.78, 5) is 18.2. The highest BCUT2D eigenvalue weighted by Crippen LogP contribution is 2.28. The molecule has 0 aliphatic heterocycles. The van der Waals surface area contributed by atoms with Gasteiger partial charge >= 0.3 is 0 Å². The molecule has 0 saturated carbocycles. The summed E-state index contributed by atoms with van der Waals surface area (Å²) in [6.07, 6.45) is 2.10. The molecule has 0 atom stereocenters. The second kappa shape index (κ2) is 8.49. The highest BCUT2D eigenvalue weighted by molar-refractivity contribution is 6.08. The molecule has 0 fully saturated rings. The Hall–Kier alpha value is -3.47. The van der Waals surface area contributed by atoms with Gasteiger partial charge in [0.05, 0.1) is 29.1 Å². The van der Waals surface area contributed by atoms with Gasteiger partial charge in [-0.05, 0) is 50.6 Å². The molecule has 0 unspecified atom stereocenters. The van der Waals surface area contributed by atoms with Crippen molar-refractivity contribution in [3.8, 4) is 17.0 Å². The Morgan fingerprint density at radius 3 is 2.63 bits per heavy atom. The molecule has 152 valence electrons. The maximum Gasteiger partial charge on any atom is 0.279 e. The van der Waals surface area contributed by atoms with Gasteiger partial charge in [0.15, 0.2) is 0 Å². The third-order valence-corrected chi connectivity index (χ3v) is 5.04. The van der Waals surface area contributed by atoms with E-state index in [4.69, 9.17) is 9.72 Å². The molecule has 0 aliphatic carbocycles. The van der Waals surface area contributed by atoms with E-state index in [1.165, 1.54) is 4.68 Å². The van der Waals surface area contributed by atoms with E-state index in [-0.39, 0.29) is 5.91 Å². The molecule has 30 heavy (non-hydrogen) atoms. The Kier molecular flexibility index (Phi) is 5.61. The van der Waals surface area contributed by atoms with Crippen molar-refractivity contribution in [3.05, 3.63) is 77.6 Å². The van der Waals surface area contributed by atoms with E-state index >= 15 is 0 Å². The van der Waals surface area contributed by atoms with Crippen molar-refractivity contribution in [2.24, 2.45) is 0 Å². The van der Waals surface area contributed by atoms with E-state index in [9.17, 15) is 4.79 Å². The smallest absolute Gasteiger partial charge is 0.279 e. The number of para-hydroxylation sites is 1. The molecule has 0 radical (unpaired) electrons. The standard InChI is InChI=1S/C25H25N3O2/c1-4-5-13-30-20-10-8-9-19(15-20)24-16-22(21-11-6-7-12-23(21)26-24)25(29)28-18(3)14-17(2)27-28/h6-12,14-16H,4-5,13H2,1-3H3. The average molecular weight is 399 g/mol. The minimum absolute atomic E-state index is 0.157. The fourth-order valence-electron chi connectivity index (χ4n) is 3.53. The van der Waals surface area contributed by atoms with Gasteiger partial charge in [0.25, 0.3) is 5.91 Å². The number of pyridine rings is 1. The number of aryl methyl sites for hydroxylation is 2. The predicted octanol–water partition coefficient (Wildman–Crippen LogP) is 5.58. The van der Waals surface area contributed by atoms with Crippen LogP contribution in [-0.2, 0) is 0 Å². The number of carbonyl (C=O) groups excluding carboxylic acids is 1. The van der Waals surface area contributed by atoms with Crippen LogP contribution in [0.25, 0.3) is 22.2 Å². The lowest BCUT2D eigenvalue weighted by Gasteiger charge is -2.11. The van der Waals surface area contributed by atoms with Crippen molar-refractivity contribution in [2.45, 2.75) is 33.6 Å². The van der Waals surface area contributed by atoms with Gasteiger partial charge in [-0.25, -0.2) is 9.67 Å². The van der Waals surface area contributed by atoms with E-state index in [1.54, 1.807) is 0 Å². The molecule has 0 bridgehead atoms. The molecule has 0 amide bonds.